The Hall–Kier alpha value is -0.610. The maximum Gasteiger partial charge on any atom is 0.160 e. The minimum Gasteiger partial charge on any atom is -0.366 e. The van der Waals surface area contributed by atoms with Crippen molar-refractivity contribution in [2.45, 2.75) is 52.1 Å². The Bertz CT molecular complexity index is 456. The van der Waals surface area contributed by atoms with Gasteiger partial charge in [-0.15, -0.1) is 0 Å². The largest absolute Gasteiger partial charge is 0.366 e. The number of hydrogen-bond donors (Lipinski definition) is 1. The summed E-state index contributed by atoms with van der Waals surface area (Å²) in [5, 5.41) is 0. The molecule has 1 aromatic rings. The third-order valence-corrected chi connectivity index (χ3v) is 4.86. The van der Waals surface area contributed by atoms with Gasteiger partial charge in [-0.1, -0.05) is 32.8 Å². The van der Waals surface area contributed by atoms with Crippen molar-refractivity contribution in [3.8, 4) is 0 Å². The number of benzene rings is 1. The number of anilines is 1. The zero-order valence-corrected chi connectivity index (χ0v) is 13.9. The van der Waals surface area contributed by atoms with Crippen molar-refractivity contribution in [3.05, 3.63) is 28.0 Å². The molecule has 0 unspecified atom stereocenters. The first kappa shape index (κ1) is 15.8. The van der Waals surface area contributed by atoms with E-state index in [1.807, 2.05) is 12.1 Å². The Labute approximate surface area is 129 Å². The van der Waals surface area contributed by atoms with Crippen molar-refractivity contribution in [1.29, 1.82) is 0 Å². The number of hydrogen-bond acceptors (Lipinski definition) is 2. The van der Waals surface area contributed by atoms with Crippen LogP contribution >= 0.6 is 15.9 Å². The second-order valence-corrected chi connectivity index (χ2v) is 6.85. The Kier molecular flexibility index (Phi) is 5.44. The summed E-state index contributed by atoms with van der Waals surface area (Å²) in [5.41, 5.74) is 7.18. The molecule has 0 aromatic heterocycles. The summed E-state index contributed by atoms with van der Waals surface area (Å²) in [6, 6.07) is 4.30. The zero-order valence-electron chi connectivity index (χ0n) is 12.3. The van der Waals surface area contributed by atoms with Gasteiger partial charge in [-0.2, -0.15) is 0 Å². The molecule has 0 atom stereocenters. The van der Waals surface area contributed by atoms with Gasteiger partial charge in [0.15, 0.2) is 5.82 Å². The molecule has 0 radical (unpaired) electrons. The van der Waals surface area contributed by atoms with E-state index in [-0.39, 0.29) is 5.82 Å². The second kappa shape index (κ2) is 6.90. The molecule has 1 aromatic carbocycles. The Balaban J connectivity index is 2.35. The lowest BCUT2D eigenvalue weighted by Gasteiger charge is -2.33. The maximum absolute atomic E-state index is 14.7. The van der Waals surface area contributed by atoms with Crippen molar-refractivity contribution in [3.63, 3.8) is 0 Å². The summed E-state index contributed by atoms with van der Waals surface area (Å²) in [7, 11) is 0. The molecule has 2 nitrogen and oxygen atoms in total. The molecule has 2 rings (SSSR count). The third-order valence-electron chi connectivity index (χ3n) is 4.00. The summed E-state index contributed by atoms with van der Waals surface area (Å²) < 4.78 is 15.2. The molecule has 112 valence electrons. The topological polar surface area (TPSA) is 29.3 Å². The molecule has 1 aliphatic carbocycles. The Morgan fingerprint density at radius 2 is 2.00 bits per heavy atom. The Morgan fingerprint density at radius 1 is 1.35 bits per heavy atom. The van der Waals surface area contributed by atoms with Crippen LogP contribution in [0.3, 0.4) is 0 Å². The van der Waals surface area contributed by atoms with Crippen molar-refractivity contribution in [1.82, 2.24) is 0 Å². The van der Waals surface area contributed by atoms with Gasteiger partial charge in [-0.05, 0) is 46.3 Å². The molecule has 20 heavy (non-hydrogen) atoms. The molecule has 4 heteroatoms. The first-order valence-electron chi connectivity index (χ1n) is 7.48. The van der Waals surface area contributed by atoms with Crippen molar-refractivity contribution in [2.24, 2.45) is 11.7 Å². The van der Waals surface area contributed by atoms with E-state index < -0.39 is 0 Å². The number of nitrogens with two attached hydrogens (primary N) is 1. The summed E-state index contributed by atoms with van der Waals surface area (Å²) in [6.07, 6.45) is 4.84. The zero-order chi connectivity index (χ0) is 14.7. The molecule has 1 fully saturated rings. The highest BCUT2D eigenvalue weighted by molar-refractivity contribution is 9.10. The molecule has 0 spiro atoms. The van der Waals surface area contributed by atoms with E-state index in [0.717, 1.165) is 17.8 Å². The van der Waals surface area contributed by atoms with Gasteiger partial charge in [-0.3, -0.25) is 0 Å². The molecule has 1 saturated carbocycles. The predicted octanol–water partition coefficient (Wildman–Crippen LogP) is 4.45. The van der Waals surface area contributed by atoms with E-state index in [1.165, 1.54) is 25.7 Å². The number of nitrogens with zero attached hydrogens (tertiary/aromatic N) is 1. The van der Waals surface area contributed by atoms with Crippen molar-refractivity contribution < 1.29 is 4.39 Å². The quantitative estimate of drug-likeness (QED) is 0.856. The maximum atomic E-state index is 14.7. The summed E-state index contributed by atoms with van der Waals surface area (Å²) in [4.78, 5) is 2.26. The first-order valence-corrected chi connectivity index (χ1v) is 8.27. The van der Waals surface area contributed by atoms with E-state index in [4.69, 9.17) is 5.73 Å². The lowest BCUT2D eigenvalue weighted by atomic mass is 10.1. The molecule has 2 N–H and O–H groups in total. The molecule has 0 heterocycles. The fourth-order valence-corrected chi connectivity index (χ4v) is 3.51. The van der Waals surface area contributed by atoms with Gasteiger partial charge >= 0.3 is 0 Å². The van der Waals surface area contributed by atoms with Crippen LogP contribution in [0.15, 0.2) is 16.6 Å². The third kappa shape index (κ3) is 3.34. The fourth-order valence-electron chi connectivity index (χ4n) is 3.01. The van der Waals surface area contributed by atoms with E-state index in [9.17, 15) is 4.39 Å². The van der Waals surface area contributed by atoms with Crippen LogP contribution in [0.2, 0.25) is 0 Å². The molecule has 0 aliphatic heterocycles. The van der Waals surface area contributed by atoms with Crippen LogP contribution in [0.4, 0.5) is 10.1 Å². The Morgan fingerprint density at radius 3 is 2.55 bits per heavy atom. The van der Waals surface area contributed by atoms with Crippen LogP contribution in [-0.4, -0.2) is 12.6 Å². The minimum atomic E-state index is -0.166. The van der Waals surface area contributed by atoms with Gasteiger partial charge in [0.25, 0.3) is 0 Å². The summed E-state index contributed by atoms with van der Waals surface area (Å²) in [5.74, 6) is 0.350. The monoisotopic (exact) mass is 342 g/mol. The van der Waals surface area contributed by atoms with E-state index in [0.29, 0.717) is 23.0 Å². The lowest BCUT2D eigenvalue weighted by molar-refractivity contribution is 0.519. The molecule has 0 bridgehead atoms. The normalized spacial score (nSPS) is 16.1. The SMILES string of the molecule is CC(C)CN(c1ccc(CN)c(Br)c1F)C1CCCC1. The molecular weight excluding hydrogens is 319 g/mol. The number of halogens is 2. The predicted molar refractivity (Wildman–Crippen MR) is 86.4 cm³/mol. The average Bonchev–Trinajstić information content (AvgIpc) is 2.93. The van der Waals surface area contributed by atoms with E-state index in [2.05, 4.69) is 34.7 Å². The highest BCUT2D eigenvalue weighted by Crippen LogP contribution is 2.34. The highest BCUT2D eigenvalue weighted by atomic mass is 79.9. The van der Waals surface area contributed by atoms with Gasteiger partial charge in [0, 0.05) is 19.1 Å². The summed E-state index contributed by atoms with van der Waals surface area (Å²) in [6.45, 7) is 5.62. The van der Waals surface area contributed by atoms with Crippen LogP contribution in [0.5, 0.6) is 0 Å². The lowest BCUT2D eigenvalue weighted by Crippen LogP contribution is -2.37. The smallest absolute Gasteiger partial charge is 0.160 e. The fraction of sp³-hybridized carbons (Fsp3) is 0.625. The van der Waals surface area contributed by atoms with Crippen molar-refractivity contribution >= 4 is 21.6 Å². The van der Waals surface area contributed by atoms with E-state index >= 15 is 0 Å². The first-order chi connectivity index (χ1) is 9.54. The van der Waals surface area contributed by atoms with Crippen LogP contribution < -0.4 is 10.6 Å². The van der Waals surface area contributed by atoms with Crippen LogP contribution in [0.1, 0.15) is 45.1 Å². The van der Waals surface area contributed by atoms with Gasteiger partial charge < -0.3 is 10.6 Å². The molecular formula is C16H24BrFN2. The summed E-state index contributed by atoms with van der Waals surface area (Å²) >= 11 is 3.35. The molecule has 0 amide bonds. The van der Waals surface area contributed by atoms with Crippen LogP contribution in [-0.2, 0) is 6.54 Å². The van der Waals surface area contributed by atoms with Gasteiger partial charge in [0.2, 0.25) is 0 Å². The molecule has 1 aliphatic rings. The van der Waals surface area contributed by atoms with Crippen LogP contribution in [0, 0.1) is 11.7 Å². The van der Waals surface area contributed by atoms with Gasteiger partial charge in [0.1, 0.15) is 0 Å². The van der Waals surface area contributed by atoms with Gasteiger partial charge in [-0.25, -0.2) is 4.39 Å². The van der Waals surface area contributed by atoms with E-state index in [1.54, 1.807) is 0 Å². The van der Waals surface area contributed by atoms with Gasteiger partial charge in [0.05, 0.1) is 10.2 Å². The highest BCUT2D eigenvalue weighted by Gasteiger charge is 2.26. The molecule has 0 saturated heterocycles. The standard InChI is InChI=1S/C16H24BrFN2/c1-11(2)10-20(13-5-3-4-6-13)14-8-7-12(9-19)15(17)16(14)18/h7-8,11,13H,3-6,9-10,19H2,1-2H3. The van der Waals surface area contributed by atoms with Crippen molar-refractivity contribution in [2.75, 3.05) is 11.4 Å². The van der Waals surface area contributed by atoms with Crippen LogP contribution in [0.25, 0.3) is 0 Å². The second-order valence-electron chi connectivity index (χ2n) is 6.06. The minimum absolute atomic E-state index is 0.166. The number of rotatable bonds is 5. The average molecular weight is 343 g/mol.